The van der Waals surface area contributed by atoms with E-state index < -0.39 is 11.7 Å². The molecule has 0 heterocycles. The highest BCUT2D eigenvalue weighted by molar-refractivity contribution is 5.93. The molecule has 0 bridgehead atoms. The number of hydrogen-bond acceptors (Lipinski definition) is 4. The number of carbonyl (C=O) groups is 2. The maximum absolute atomic E-state index is 11.3. The number of anilines is 2. The van der Waals surface area contributed by atoms with Gasteiger partial charge in [0.05, 0.1) is 11.4 Å². The van der Waals surface area contributed by atoms with Gasteiger partial charge in [0, 0.05) is 6.42 Å². The number of hydrogen-bond donors (Lipinski definition) is 3. The fourth-order valence-corrected chi connectivity index (χ4v) is 1.36. The first-order chi connectivity index (χ1) is 10.2. The van der Waals surface area contributed by atoms with Gasteiger partial charge in [0.15, 0.2) is 0 Å². The molecule has 0 aliphatic rings. The standard InChI is InChI=1S/C11H14N2O.C5H11NO2/c1-2-3-8-11(14)13-10-7-5-4-6-9(10)12;1-5(2,3)8-4(6)7/h2,4-7H,1,3,8,12H2,(H,13,14);1-3H3,(H2,6,7). The van der Waals surface area contributed by atoms with Crippen molar-refractivity contribution < 1.29 is 14.3 Å². The number of carbonyl (C=O) groups excluding carboxylic acids is 2. The van der Waals surface area contributed by atoms with E-state index in [9.17, 15) is 9.59 Å². The zero-order valence-electron chi connectivity index (χ0n) is 13.4. The molecule has 0 unspecified atom stereocenters. The van der Waals surface area contributed by atoms with Gasteiger partial charge in [-0.05, 0) is 39.3 Å². The number of para-hydroxylation sites is 2. The Labute approximate surface area is 131 Å². The minimum absolute atomic E-state index is 0.0391. The van der Waals surface area contributed by atoms with E-state index in [1.807, 2.05) is 12.1 Å². The van der Waals surface area contributed by atoms with Crippen molar-refractivity contribution in [3.63, 3.8) is 0 Å². The lowest BCUT2D eigenvalue weighted by atomic mass is 10.2. The Morgan fingerprint density at radius 2 is 1.91 bits per heavy atom. The molecule has 0 aliphatic carbocycles. The van der Waals surface area contributed by atoms with Crippen molar-refractivity contribution >= 4 is 23.4 Å². The summed E-state index contributed by atoms with van der Waals surface area (Å²) in [5, 5.41) is 2.73. The lowest BCUT2D eigenvalue weighted by Gasteiger charge is -2.16. The number of rotatable bonds is 4. The van der Waals surface area contributed by atoms with E-state index in [0.717, 1.165) is 0 Å². The van der Waals surface area contributed by atoms with Gasteiger partial charge in [0.2, 0.25) is 5.91 Å². The molecule has 1 aromatic rings. The highest BCUT2D eigenvalue weighted by Gasteiger charge is 2.12. The second kappa shape index (κ2) is 9.44. The molecule has 0 atom stereocenters. The first-order valence-electron chi connectivity index (χ1n) is 6.89. The lowest BCUT2D eigenvalue weighted by Crippen LogP contribution is -2.27. The fourth-order valence-electron chi connectivity index (χ4n) is 1.36. The van der Waals surface area contributed by atoms with Crippen LogP contribution in [0.15, 0.2) is 36.9 Å². The molecule has 0 fully saturated rings. The molecule has 0 radical (unpaired) electrons. The molecule has 2 amide bonds. The van der Waals surface area contributed by atoms with E-state index in [4.69, 9.17) is 11.5 Å². The number of allylic oxidation sites excluding steroid dienone is 1. The summed E-state index contributed by atoms with van der Waals surface area (Å²) in [6.07, 6.45) is 2.11. The number of nitrogens with one attached hydrogen (secondary N) is 1. The van der Waals surface area contributed by atoms with Crippen LogP contribution >= 0.6 is 0 Å². The minimum atomic E-state index is -0.725. The number of ether oxygens (including phenoxy) is 1. The maximum Gasteiger partial charge on any atom is 0.405 e. The number of nitrogens with two attached hydrogens (primary N) is 2. The second-order valence-corrected chi connectivity index (χ2v) is 5.50. The van der Waals surface area contributed by atoms with Crippen molar-refractivity contribution in [2.24, 2.45) is 5.73 Å². The molecule has 122 valence electrons. The van der Waals surface area contributed by atoms with Gasteiger partial charge in [0.25, 0.3) is 0 Å². The van der Waals surface area contributed by atoms with Crippen molar-refractivity contribution in [1.29, 1.82) is 0 Å². The van der Waals surface area contributed by atoms with Crippen LogP contribution in [0.3, 0.4) is 0 Å². The number of primary amides is 1. The zero-order chi connectivity index (χ0) is 17.2. The van der Waals surface area contributed by atoms with Gasteiger partial charge < -0.3 is 21.5 Å². The predicted octanol–water partition coefficient (Wildman–Crippen LogP) is 3.05. The summed E-state index contributed by atoms with van der Waals surface area (Å²) >= 11 is 0. The molecule has 0 spiro atoms. The summed E-state index contributed by atoms with van der Waals surface area (Å²) in [7, 11) is 0. The quantitative estimate of drug-likeness (QED) is 0.587. The number of amides is 2. The van der Waals surface area contributed by atoms with E-state index in [0.29, 0.717) is 24.2 Å². The Morgan fingerprint density at radius 3 is 2.32 bits per heavy atom. The molecule has 0 saturated heterocycles. The SMILES string of the molecule is C=CCCC(=O)Nc1ccccc1N.CC(C)(C)OC(N)=O. The van der Waals surface area contributed by atoms with Crippen LogP contribution in [0, 0.1) is 0 Å². The molecular weight excluding hydrogens is 282 g/mol. The third-order valence-corrected chi connectivity index (χ3v) is 2.22. The highest BCUT2D eigenvalue weighted by atomic mass is 16.6. The smallest absolute Gasteiger partial charge is 0.405 e. The number of benzene rings is 1. The topological polar surface area (TPSA) is 107 Å². The normalized spacial score (nSPS) is 9.95. The van der Waals surface area contributed by atoms with Crippen LogP contribution < -0.4 is 16.8 Å². The van der Waals surface area contributed by atoms with Crippen LogP contribution in [0.1, 0.15) is 33.6 Å². The second-order valence-electron chi connectivity index (χ2n) is 5.50. The molecule has 0 saturated carbocycles. The van der Waals surface area contributed by atoms with E-state index in [1.54, 1.807) is 39.0 Å². The summed E-state index contributed by atoms with van der Waals surface area (Å²) in [6.45, 7) is 8.84. The maximum atomic E-state index is 11.3. The molecule has 6 nitrogen and oxygen atoms in total. The molecule has 6 heteroatoms. The fraction of sp³-hybridized carbons (Fsp3) is 0.375. The Kier molecular flexibility index (Phi) is 8.37. The average Bonchev–Trinajstić information content (AvgIpc) is 2.37. The molecule has 0 aliphatic heterocycles. The van der Waals surface area contributed by atoms with Crippen LogP contribution in [-0.2, 0) is 9.53 Å². The molecule has 0 aromatic heterocycles. The number of nitrogen functional groups attached to an aromatic ring is 1. The summed E-state index contributed by atoms with van der Waals surface area (Å²) in [5.74, 6) is -0.0391. The monoisotopic (exact) mass is 307 g/mol. The largest absolute Gasteiger partial charge is 0.444 e. The lowest BCUT2D eigenvalue weighted by molar-refractivity contribution is -0.116. The Balaban J connectivity index is 0.000000472. The molecule has 1 aromatic carbocycles. The van der Waals surface area contributed by atoms with Crippen molar-refractivity contribution in [3.05, 3.63) is 36.9 Å². The van der Waals surface area contributed by atoms with Crippen LogP contribution in [0.5, 0.6) is 0 Å². The van der Waals surface area contributed by atoms with E-state index in [1.165, 1.54) is 0 Å². The third kappa shape index (κ3) is 10.3. The summed E-state index contributed by atoms with van der Waals surface area (Å²) in [6, 6.07) is 7.19. The van der Waals surface area contributed by atoms with Gasteiger partial charge >= 0.3 is 6.09 Å². The van der Waals surface area contributed by atoms with E-state index in [2.05, 4.69) is 16.6 Å². The minimum Gasteiger partial charge on any atom is -0.444 e. The molecular formula is C16H25N3O3. The summed E-state index contributed by atoms with van der Waals surface area (Å²) in [5.41, 5.74) is 11.2. The van der Waals surface area contributed by atoms with Gasteiger partial charge in [-0.3, -0.25) is 4.79 Å². The Morgan fingerprint density at radius 1 is 1.32 bits per heavy atom. The Bertz CT molecular complexity index is 508. The predicted molar refractivity (Wildman–Crippen MR) is 89.3 cm³/mol. The van der Waals surface area contributed by atoms with Crippen molar-refractivity contribution in [2.75, 3.05) is 11.1 Å². The van der Waals surface area contributed by atoms with Crippen LogP contribution in [0.2, 0.25) is 0 Å². The van der Waals surface area contributed by atoms with Crippen LogP contribution in [0.4, 0.5) is 16.2 Å². The van der Waals surface area contributed by atoms with E-state index in [-0.39, 0.29) is 5.91 Å². The van der Waals surface area contributed by atoms with Crippen LogP contribution in [-0.4, -0.2) is 17.6 Å². The van der Waals surface area contributed by atoms with Crippen LogP contribution in [0.25, 0.3) is 0 Å². The first kappa shape index (κ1) is 19.5. The molecule has 22 heavy (non-hydrogen) atoms. The van der Waals surface area contributed by atoms with Gasteiger partial charge in [-0.2, -0.15) is 0 Å². The highest BCUT2D eigenvalue weighted by Crippen LogP contribution is 2.16. The van der Waals surface area contributed by atoms with Gasteiger partial charge in [-0.15, -0.1) is 6.58 Å². The van der Waals surface area contributed by atoms with Gasteiger partial charge in [0.1, 0.15) is 5.60 Å². The average molecular weight is 307 g/mol. The molecule has 5 N–H and O–H groups in total. The van der Waals surface area contributed by atoms with Gasteiger partial charge in [-0.1, -0.05) is 18.2 Å². The third-order valence-electron chi connectivity index (χ3n) is 2.22. The van der Waals surface area contributed by atoms with Crippen molar-refractivity contribution in [3.8, 4) is 0 Å². The van der Waals surface area contributed by atoms with Gasteiger partial charge in [-0.25, -0.2) is 4.79 Å². The van der Waals surface area contributed by atoms with Crippen molar-refractivity contribution in [2.45, 2.75) is 39.2 Å². The Hall–Kier alpha value is -2.50. The summed E-state index contributed by atoms with van der Waals surface area (Å²) < 4.78 is 4.58. The van der Waals surface area contributed by atoms with Crippen molar-refractivity contribution in [1.82, 2.24) is 0 Å². The molecule has 1 rings (SSSR count). The summed E-state index contributed by atoms with van der Waals surface area (Å²) in [4.78, 5) is 21.3. The zero-order valence-corrected chi connectivity index (χ0v) is 13.4. The van der Waals surface area contributed by atoms with E-state index >= 15 is 0 Å². The first-order valence-corrected chi connectivity index (χ1v) is 6.89.